The van der Waals surface area contributed by atoms with Crippen molar-refractivity contribution in [2.45, 2.75) is 13.3 Å². The molecule has 0 heterocycles. The van der Waals surface area contributed by atoms with E-state index in [0.29, 0.717) is 0 Å². The van der Waals surface area contributed by atoms with E-state index in [4.69, 9.17) is 60.3 Å². The summed E-state index contributed by atoms with van der Waals surface area (Å²) in [5, 5.41) is 95.3. The zero-order valence-electron chi connectivity index (χ0n) is 11.5. The van der Waals surface area contributed by atoms with Crippen molar-refractivity contribution in [3.8, 4) is 0 Å². The van der Waals surface area contributed by atoms with E-state index < -0.39 is 29.3 Å². The third-order valence-corrected chi connectivity index (χ3v) is 0.204. The minimum absolute atomic E-state index is 0. The first-order valence-corrected chi connectivity index (χ1v) is 4.59. The Morgan fingerprint density at radius 1 is 0.571 bits per heavy atom. The largest absolute Gasteiger partial charge is 1.00 e. The van der Waals surface area contributed by atoms with Crippen molar-refractivity contribution in [3.05, 3.63) is 0 Å². The molecule has 0 aromatic carbocycles. The van der Waals surface area contributed by atoms with E-state index in [1.165, 1.54) is 0 Å². The summed E-state index contributed by atoms with van der Waals surface area (Å²) in [5.74, 6) is 0. The Bertz CT molecular complexity index is 93.0. The second-order valence-electron chi connectivity index (χ2n) is 2.09. The van der Waals surface area contributed by atoms with Crippen LogP contribution in [0.25, 0.3) is 0 Å². The van der Waals surface area contributed by atoms with Gasteiger partial charge in [-0.3, -0.25) is 0 Å². The van der Waals surface area contributed by atoms with Gasteiger partial charge in [0, 0.05) is 0 Å². The molecule has 0 aliphatic rings. The maximum atomic E-state index is 9.30. The first-order valence-electron chi connectivity index (χ1n) is 4.59. The van der Waals surface area contributed by atoms with Gasteiger partial charge in [-0.25, -0.2) is 0 Å². The van der Waals surface area contributed by atoms with Gasteiger partial charge in [0.15, 0.2) is 0 Å². The Labute approximate surface area is 134 Å². The smallest absolute Gasteiger partial charge is 0.854 e. The minimum Gasteiger partial charge on any atom is -0.854 e. The Hall–Kier alpha value is 0.337. The van der Waals surface area contributed by atoms with E-state index in [1.54, 1.807) is 0 Å². The van der Waals surface area contributed by atoms with Crippen LogP contribution in [0.2, 0.25) is 0 Å². The van der Waals surface area contributed by atoms with Gasteiger partial charge in [-0.1, -0.05) is 13.3 Å². The normalized spacial score (nSPS) is 6.57. The van der Waals surface area contributed by atoms with Crippen LogP contribution in [0.1, 0.15) is 13.3 Å². The zero-order chi connectivity index (χ0) is 17.7. The molecule has 0 radical (unpaired) electrons. The van der Waals surface area contributed by atoms with E-state index in [2.05, 4.69) is 0 Å². The van der Waals surface area contributed by atoms with Crippen LogP contribution >= 0.6 is 0 Å². The van der Waals surface area contributed by atoms with Crippen molar-refractivity contribution in [1.29, 1.82) is 0 Å². The molecule has 122 valence electrons. The zero-order valence-corrected chi connectivity index (χ0v) is 11.5. The Morgan fingerprint density at radius 2 is 0.619 bits per heavy atom. The third kappa shape index (κ3) is 3820. The maximum Gasteiger partial charge on any atom is 1.00 e. The fourth-order valence-electron chi connectivity index (χ4n) is 0. The summed E-state index contributed by atoms with van der Waals surface area (Å²) in [4.78, 5) is 0. The molecule has 12 N–H and O–H groups in total. The molecule has 0 saturated heterocycles. The summed E-state index contributed by atoms with van der Waals surface area (Å²) in [6, 6.07) is 0. The van der Waals surface area contributed by atoms with E-state index in [9.17, 15) is 5.11 Å². The molecule has 0 bridgehead atoms. The quantitative estimate of drug-likeness (QED) is 0.201. The van der Waals surface area contributed by atoms with Gasteiger partial charge in [-0.15, -0.1) is 6.61 Å². The van der Waals surface area contributed by atoms with Crippen LogP contribution < -0.4 is 24.0 Å². The summed E-state index contributed by atoms with van der Waals surface area (Å²) in [5.41, 5.74) is 0. The molecule has 21 heavy (non-hydrogen) atoms. The van der Waals surface area contributed by atoms with E-state index in [0.717, 1.165) is 6.42 Å². The van der Waals surface area contributed by atoms with Crippen molar-refractivity contribution in [3.63, 3.8) is 0 Å². The van der Waals surface area contributed by atoms with E-state index in [-0.39, 0.29) is 25.5 Å². The van der Waals surface area contributed by atoms with Crippen LogP contribution in [0.15, 0.2) is 0 Å². The molecule has 0 saturated carbocycles. The molecule has 0 aliphatic carbocycles. The van der Waals surface area contributed by atoms with Gasteiger partial charge in [0.2, 0.25) is 0 Å². The maximum absolute atomic E-state index is 9.30. The van der Waals surface area contributed by atoms with Crippen molar-refractivity contribution in [2.24, 2.45) is 0 Å². The molecule has 0 amide bonds. The molecule has 13 nitrogen and oxygen atoms in total. The topological polar surface area (TPSA) is 266 Å². The van der Waals surface area contributed by atoms with Crippen LogP contribution in [-0.4, -0.2) is 96.2 Å². The van der Waals surface area contributed by atoms with E-state index >= 15 is 0 Å². The van der Waals surface area contributed by atoms with Gasteiger partial charge in [-0.2, -0.15) is 0 Å². The van der Waals surface area contributed by atoms with Gasteiger partial charge in [-0.05, 0) is 0 Å². The molecule has 18 heteroatoms. The van der Waals surface area contributed by atoms with Crippen molar-refractivity contribution < 1.29 is 84.3 Å². The van der Waals surface area contributed by atoms with Gasteiger partial charge in [0.05, 0.1) is 0 Å². The second kappa shape index (κ2) is 37.0. The first kappa shape index (κ1) is 37.5. The van der Waals surface area contributed by atoms with Gasteiger partial charge >= 0.3 is 48.1 Å². The van der Waals surface area contributed by atoms with Crippen molar-refractivity contribution in [2.75, 3.05) is 6.61 Å². The molecule has 0 aromatic rings. The SMILES string of the molecule is CCC[O-].OB(O)O.OB(O)O.OB(O)O.OB(O)O.[Li+]. The summed E-state index contributed by atoms with van der Waals surface area (Å²) in [6.45, 7) is 1.94. The second-order valence-corrected chi connectivity index (χ2v) is 2.09. The van der Waals surface area contributed by atoms with Gasteiger partial charge in [0.1, 0.15) is 0 Å². The predicted molar refractivity (Wildman–Crippen MR) is 64.8 cm³/mol. The summed E-state index contributed by atoms with van der Waals surface area (Å²) >= 11 is 0. The van der Waals surface area contributed by atoms with Gasteiger partial charge < -0.3 is 65.4 Å². The summed E-state index contributed by atoms with van der Waals surface area (Å²) in [6.07, 6.45) is 0.764. The van der Waals surface area contributed by atoms with Crippen LogP contribution in [0.3, 0.4) is 0 Å². The standard InChI is InChI=1S/C3H7O.4BH3O3.Li/c1-2-3-4;4*2-1(3)4;/h2-3H2,1H3;4*2-4H;/q-1;;;;;+1. The average molecular weight is 313 g/mol. The van der Waals surface area contributed by atoms with Gasteiger partial charge in [0.25, 0.3) is 0 Å². The molecule has 0 fully saturated rings. The predicted octanol–water partition coefficient (Wildman–Crippen LogP) is -11.4. The summed E-state index contributed by atoms with van der Waals surface area (Å²) in [7, 11) is -8.67. The fraction of sp³-hybridized carbons (Fsp3) is 1.00. The van der Waals surface area contributed by atoms with Crippen LogP contribution in [0.4, 0.5) is 0 Å². The number of rotatable bonds is 1. The molecule has 0 aromatic heterocycles. The monoisotopic (exact) mass is 314 g/mol. The Morgan fingerprint density at radius 3 is 0.619 bits per heavy atom. The Balaban J connectivity index is -0.0000000331. The third-order valence-electron chi connectivity index (χ3n) is 0.204. The van der Waals surface area contributed by atoms with Crippen molar-refractivity contribution in [1.82, 2.24) is 0 Å². The van der Waals surface area contributed by atoms with E-state index in [1.807, 2.05) is 6.92 Å². The van der Waals surface area contributed by atoms with Crippen LogP contribution in [-0.2, 0) is 0 Å². The fourth-order valence-corrected chi connectivity index (χ4v) is 0. The molecular formula is C3H19B4LiO13. The van der Waals surface area contributed by atoms with Crippen molar-refractivity contribution >= 4 is 29.3 Å². The van der Waals surface area contributed by atoms with Crippen LogP contribution in [0.5, 0.6) is 0 Å². The molecule has 0 rings (SSSR count). The molecule has 0 aliphatic heterocycles. The summed E-state index contributed by atoms with van der Waals surface area (Å²) < 4.78 is 0. The molecule has 0 atom stereocenters. The minimum atomic E-state index is -2.17. The average Bonchev–Trinajstić information content (AvgIpc) is 2.13. The number of hydrogen-bond acceptors (Lipinski definition) is 13. The molecule has 0 spiro atoms. The first-order chi connectivity index (χ1) is 8.84. The molecule has 0 unspecified atom stereocenters. The number of hydrogen-bond donors (Lipinski definition) is 12. The molecular weight excluding hydrogens is 294 g/mol. The van der Waals surface area contributed by atoms with Crippen LogP contribution in [0, 0.1) is 0 Å². The Kier molecular flexibility index (Phi) is 66.1.